The quantitative estimate of drug-likeness (QED) is 0.331. The summed E-state index contributed by atoms with van der Waals surface area (Å²) in [5, 5.41) is 16.3. The Balaban J connectivity index is 1.48. The van der Waals surface area contributed by atoms with Crippen molar-refractivity contribution in [1.82, 2.24) is 14.8 Å². The maximum absolute atomic E-state index is 13.0. The fourth-order valence-electron chi connectivity index (χ4n) is 3.45. The Bertz CT molecular complexity index is 1510. The number of benzene rings is 3. The van der Waals surface area contributed by atoms with E-state index in [0.29, 0.717) is 22.3 Å². The highest BCUT2D eigenvalue weighted by molar-refractivity contribution is 7.12. The van der Waals surface area contributed by atoms with Crippen LogP contribution in [-0.4, -0.2) is 21.9 Å². The molecule has 3 aromatic carbocycles. The molecule has 8 heteroatoms. The lowest BCUT2D eigenvalue weighted by Crippen LogP contribution is -2.13. The number of fused-ring (bicyclic) bond motifs is 1. The lowest BCUT2D eigenvalue weighted by Gasteiger charge is -2.01. The number of thiazole rings is 1. The van der Waals surface area contributed by atoms with Gasteiger partial charge in [0.2, 0.25) is 5.13 Å². The highest BCUT2D eigenvalue weighted by atomic mass is 32.1. The second-order valence-corrected chi connectivity index (χ2v) is 8.01. The predicted octanol–water partition coefficient (Wildman–Crippen LogP) is 6.17. The van der Waals surface area contributed by atoms with Crippen LogP contribution < -0.4 is 10.3 Å². The van der Waals surface area contributed by atoms with Crippen LogP contribution in [0.3, 0.4) is 0 Å². The molecule has 0 aliphatic heterocycles. The zero-order valence-electron chi connectivity index (χ0n) is 17.4. The molecule has 7 nitrogen and oxygen atoms in total. The van der Waals surface area contributed by atoms with E-state index in [2.05, 4.69) is 44.6 Å². The van der Waals surface area contributed by atoms with E-state index in [1.54, 1.807) is 26.2 Å². The van der Waals surface area contributed by atoms with E-state index in [0.717, 1.165) is 16.6 Å². The number of nitrogens with zero attached hydrogens (tertiary/aromatic N) is 4. The van der Waals surface area contributed by atoms with Crippen LogP contribution in [0.1, 0.15) is 5.69 Å². The zero-order chi connectivity index (χ0) is 22.1. The number of aromatic nitrogens is 3. The van der Waals surface area contributed by atoms with Crippen LogP contribution in [0.25, 0.3) is 27.2 Å². The van der Waals surface area contributed by atoms with Crippen molar-refractivity contribution in [3.63, 3.8) is 0 Å². The summed E-state index contributed by atoms with van der Waals surface area (Å²) in [5.41, 5.74) is 2.90. The summed E-state index contributed by atoms with van der Waals surface area (Å²) in [4.78, 5) is 17.7. The first-order valence-electron chi connectivity index (χ1n) is 9.95. The van der Waals surface area contributed by atoms with E-state index in [1.807, 2.05) is 35.7 Å². The van der Waals surface area contributed by atoms with Gasteiger partial charge in [0.15, 0.2) is 5.69 Å². The van der Waals surface area contributed by atoms with Crippen LogP contribution in [0.5, 0.6) is 5.75 Å². The number of methoxy groups -OCH3 is 1. The third-order valence-electron chi connectivity index (χ3n) is 5.11. The minimum atomic E-state index is -0.305. The lowest BCUT2D eigenvalue weighted by atomic mass is 10.1. The second kappa shape index (κ2) is 8.24. The maximum atomic E-state index is 13.0. The predicted molar refractivity (Wildman–Crippen MR) is 127 cm³/mol. The topological polar surface area (TPSA) is 84.6 Å². The Labute approximate surface area is 187 Å². The summed E-state index contributed by atoms with van der Waals surface area (Å²) in [5.74, 6) is 0.588. The Morgan fingerprint density at radius 2 is 1.78 bits per heavy atom. The molecule has 0 spiro atoms. The molecule has 0 bridgehead atoms. The molecule has 0 aliphatic rings. The summed E-state index contributed by atoms with van der Waals surface area (Å²) < 4.78 is 6.69. The van der Waals surface area contributed by atoms with E-state index in [-0.39, 0.29) is 11.2 Å². The number of nitrogens with one attached hydrogen (secondary N) is 1. The lowest BCUT2D eigenvalue weighted by molar-refractivity contribution is 0.416. The van der Waals surface area contributed by atoms with Gasteiger partial charge in [-0.15, -0.1) is 21.6 Å². The van der Waals surface area contributed by atoms with Crippen molar-refractivity contribution in [2.75, 3.05) is 7.11 Å². The molecule has 158 valence electrons. The van der Waals surface area contributed by atoms with Gasteiger partial charge in [-0.2, -0.15) is 4.68 Å². The zero-order valence-corrected chi connectivity index (χ0v) is 18.3. The van der Waals surface area contributed by atoms with Crippen molar-refractivity contribution in [3.05, 3.63) is 88.2 Å². The number of hydrogen-bond donors (Lipinski definition) is 1. The Morgan fingerprint density at radius 1 is 1.00 bits per heavy atom. The molecule has 0 amide bonds. The third-order valence-corrected chi connectivity index (χ3v) is 5.94. The second-order valence-electron chi connectivity index (χ2n) is 7.18. The molecule has 32 heavy (non-hydrogen) atoms. The summed E-state index contributed by atoms with van der Waals surface area (Å²) in [7, 11) is 1.57. The van der Waals surface area contributed by atoms with Crippen LogP contribution in [0, 0.1) is 6.92 Å². The Morgan fingerprint density at radius 3 is 2.62 bits per heavy atom. The van der Waals surface area contributed by atoms with Crippen LogP contribution in [0.15, 0.2) is 87.1 Å². The Kier molecular flexibility index (Phi) is 5.12. The number of ether oxygens (including phenoxy) is 1. The van der Waals surface area contributed by atoms with E-state index < -0.39 is 0 Å². The van der Waals surface area contributed by atoms with Gasteiger partial charge in [0.1, 0.15) is 11.4 Å². The molecule has 0 saturated carbocycles. The third kappa shape index (κ3) is 3.61. The molecule has 0 saturated heterocycles. The average Bonchev–Trinajstić information content (AvgIpc) is 3.42. The number of rotatable bonds is 5. The normalized spacial score (nSPS) is 11.4. The molecular weight excluding hydrogens is 422 g/mol. The van der Waals surface area contributed by atoms with Crippen molar-refractivity contribution in [3.8, 4) is 22.1 Å². The number of H-pyrrole nitrogens is 1. The van der Waals surface area contributed by atoms with Crippen molar-refractivity contribution in [2.45, 2.75) is 6.92 Å². The van der Waals surface area contributed by atoms with Crippen molar-refractivity contribution < 1.29 is 4.74 Å². The minimum absolute atomic E-state index is 0.235. The average molecular weight is 442 g/mol. The van der Waals surface area contributed by atoms with Gasteiger partial charge in [-0.25, -0.2) is 4.98 Å². The van der Waals surface area contributed by atoms with Gasteiger partial charge in [0.05, 0.1) is 18.5 Å². The first-order valence-corrected chi connectivity index (χ1v) is 10.8. The molecule has 0 radical (unpaired) electrons. The van der Waals surface area contributed by atoms with Crippen LogP contribution in [0.4, 0.5) is 11.4 Å². The summed E-state index contributed by atoms with van der Waals surface area (Å²) in [6.07, 6.45) is 0. The fourth-order valence-corrected chi connectivity index (χ4v) is 4.25. The van der Waals surface area contributed by atoms with E-state index in [1.165, 1.54) is 21.4 Å². The molecule has 5 rings (SSSR count). The SMILES string of the molecule is COc1ccccc1N=Nc1c(C)[nH]n(-c2nc(-c3ccc4ccccc4c3)cs2)c1=O. The number of hydrogen-bond acceptors (Lipinski definition) is 6. The first kappa shape index (κ1) is 19.9. The molecule has 0 atom stereocenters. The molecule has 5 aromatic rings. The molecule has 2 aromatic heterocycles. The van der Waals surface area contributed by atoms with E-state index >= 15 is 0 Å². The maximum Gasteiger partial charge on any atom is 0.301 e. The monoisotopic (exact) mass is 441 g/mol. The molecule has 0 unspecified atom stereocenters. The number of azo groups is 1. The standard InChI is InChI=1S/C24H19N5O2S/c1-15-22(27-26-19-9-5-6-10-21(19)31-2)23(30)29(28-15)24-25-20(14-32-24)18-12-11-16-7-3-4-8-17(16)13-18/h3-14,28H,1-2H3. The summed E-state index contributed by atoms with van der Waals surface area (Å²) >= 11 is 1.39. The minimum Gasteiger partial charge on any atom is -0.494 e. The molecule has 0 fully saturated rings. The number of para-hydroxylation sites is 1. The van der Waals surface area contributed by atoms with Crippen molar-refractivity contribution in [2.24, 2.45) is 10.2 Å². The molecule has 1 N–H and O–H groups in total. The van der Waals surface area contributed by atoms with Gasteiger partial charge in [-0.05, 0) is 35.9 Å². The van der Waals surface area contributed by atoms with E-state index in [9.17, 15) is 4.79 Å². The van der Waals surface area contributed by atoms with Crippen molar-refractivity contribution >= 4 is 33.5 Å². The van der Waals surface area contributed by atoms with Crippen LogP contribution in [-0.2, 0) is 0 Å². The molecular formula is C24H19N5O2S. The van der Waals surface area contributed by atoms with Gasteiger partial charge in [-0.1, -0.05) is 48.5 Å². The van der Waals surface area contributed by atoms with Crippen molar-refractivity contribution in [1.29, 1.82) is 0 Å². The Hall–Kier alpha value is -4.04. The molecule has 2 heterocycles. The van der Waals surface area contributed by atoms with Crippen LogP contribution in [0.2, 0.25) is 0 Å². The van der Waals surface area contributed by atoms with Gasteiger partial charge < -0.3 is 4.74 Å². The van der Waals surface area contributed by atoms with Gasteiger partial charge in [-0.3, -0.25) is 9.89 Å². The molecule has 0 aliphatic carbocycles. The number of aromatic amines is 1. The highest BCUT2D eigenvalue weighted by Gasteiger charge is 2.16. The number of aryl methyl sites for hydroxylation is 1. The van der Waals surface area contributed by atoms with Gasteiger partial charge in [0.25, 0.3) is 0 Å². The van der Waals surface area contributed by atoms with Crippen LogP contribution >= 0.6 is 11.3 Å². The van der Waals surface area contributed by atoms with Gasteiger partial charge >= 0.3 is 5.56 Å². The van der Waals surface area contributed by atoms with E-state index in [4.69, 9.17) is 4.74 Å². The highest BCUT2D eigenvalue weighted by Crippen LogP contribution is 2.29. The summed E-state index contributed by atoms with van der Waals surface area (Å²) in [6, 6.07) is 21.7. The summed E-state index contributed by atoms with van der Waals surface area (Å²) in [6.45, 7) is 1.78. The largest absolute Gasteiger partial charge is 0.494 e. The smallest absolute Gasteiger partial charge is 0.301 e. The first-order chi connectivity index (χ1) is 15.6. The van der Waals surface area contributed by atoms with Gasteiger partial charge in [0, 0.05) is 10.9 Å². The fraction of sp³-hybridized carbons (Fsp3) is 0.0833.